The average Bonchev–Trinajstić information content (AvgIpc) is 2.80. The summed E-state index contributed by atoms with van der Waals surface area (Å²) in [6.45, 7) is 3.77. The summed E-state index contributed by atoms with van der Waals surface area (Å²) < 4.78 is 10.1. The molecule has 1 aliphatic rings. The first-order valence-electron chi connectivity index (χ1n) is 6.10. The summed E-state index contributed by atoms with van der Waals surface area (Å²) in [6, 6.07) is 6.34. The molecule has 1 aromatic carbocycles. The molecule has 20 heavy (non-hydrogen) atoms. The lowest BCUT2D eigenvalue weighted by atomic mass is 10.1. The quantitative estimate of drug-likeness (QED) is 0.654. The fraction of sp³-hybridized carbons (Fsp3) is 0.286. The molecule has 2 rings (SSSR count). The van der Waals surface area contributed by atoms with Crippen LogP contribution in [0, 0.1) is 0 Å². The second-order valence-electron chi connectivity index (χ2n) is 4.31. The van der Waals surface area contributed by atoms with Gasteiger partial charge in [0.2, 0.25) is 0 Å². The first-order valence-corrected chi connectivity index (χ1v) is 6.10. The highest BCUT2D eigenvalue weighted by Crippen LogP contribution is 2.19. The topological polar surface area (TPSA) is 76.1 Å². The number of esters is 1. The Kier molecular flexibility index (Phi) is 4.24. The number of carbonyl (C=O) groups excluding carboxylic acids is 1. The van der Waals surface area contributed by atoms with Crippen molar-refractivity contribution in [3.05, 3.63) is 42.5 Å². The monoisotopic (exact) mass is 277 g/mol. The minimum Gasteiger partial charge on any atom is -0.490 e. The molecule has 1 unspecified atom stereocenters. The molecule has 6 nitrogen and oxygen atoms in total. The van der Waals surface area contributed by atoms with E-state index in [2.05, 4.69) is 6.58 Å². The van der Waals surface area contributed by atoms with Crippen LogP contribution < -0.4 is 4.74 Å². The lowest BCUT2D eigenvalue weighted by Gasteiger charge is -2.16. The van der Waals surface area contributed by atoms with Gasteiger partial charge in [-0.05, 0) is 17.7 Å². The molecule has 1 heterocycles. The van der Waals surface area contributed by atoms with Crippen molar-refractivity contribution >= 4 is 12.1 Å². The Labute approximate surface area is 116 Å². The lowest BCUT2D eigenvalue weighted by molar-refractivity contribution is -0.139. The van der Waals surface area contributed by atoms with E-state index < -0.39 is 18.1 Å². The van der Waals surface area contributed by atoms with Crippen molar-refractivity contribution in [2.45, 2.75) is 12.5 Å². The van der Waals surface area contributed by atoms with Crippen molar-refractivity contribution in [3.8, 4) is 5.75 Å². The van der Waals surface area contributed by atoms with Crippen molar-refractivity contribution in [1.82, 2.24) is 4.90 Å². The molecule has 106 valence electrons. The van der Waals surface area contributed by atoms with Crippen LogP contribution in [0.15, 0.2) is 36.9 Å². The molecule has 1 N–H and O–H groups in total. The third-order valence-corrected chi connectivity index (χ3v) is 2.96. The first-order chi connectivity index (χ1) is 9.61. The molecule has 0 aliphatic carbocycles. The minimum absolute atomic E-state index is 0.209. The van der Waals surface area contributed by atoms with E-state index in [-0.39, 0.29) is 13.2 Å². The molecule has 0 bridgehead atoms. The van der Waals surface area contributed by atoms with E-state index in [1.165, 1.54) is 0 Å². The number of cyclic esters (lactones) is 1. The summed E-state index contributed by atoms with van der Waals surface area (Å²) in [7, 11) is 0. The second kappa shape index (κ2) is 6.10. The zero-order chi connectivity index (χ0) is 14.5. The van der Waals surface area contributed by atoms with Crippen LogP contribution in [0.25, 0.3) is 0 Å². The van der Waals surface area contributed by atoms with Crippen LogP contribution in [-0.4, -0.2) is 41.4 Å². The summed E-state index contributed by atoms with van der Waals surface area (Å²) in [5.41, 5.74) is 0.839. The maximum Gasteiger partial charge on any atom is 0.410 e. The van der Waals surface area contributed by atoms with Crippen LogP contribution >= 0.6 is 0 Å². The Hall–Kier alpha value is -2.50. The second-order valence-corrected chi connectivity index (χ2v) is 4.31. The van der Waals surface area contributed by atoms with Gasteiger partial charge in [0.25, 0.3) is 0 Å². The molecule has 1 atom stereocenters. The SMILES string of the molecule is C=CCOc1ccc(CC2C(=O)OCN2C(=O)O)cc1. The predicted octanol–water partition coefficient (Wildman–Crippen LogP) is 1.66. The van der Waals surface area contributed by atoms with E-state index in [1.54, 1.807) is 30.3 Å². The molecule has 0 aromatic heterocycles. The van der Waals surface area contributed by atoms with Crippen molar-refractivity contribution in [1.29, 1.82) is 0 Å². The van der Waals surface area contributed by atoms with Gasteiger partial charge in [-0.2, -0.15) is 0 Å². The normalized spacial score (nSPS) is 17.7. The van der Waals surface area contributed by atoms with Gasteiger partial charge in [-0.1, -0.05) is 24.8 Å². The molecule has 0 radical (unpaired) electrons. The van der Waals surface area contributed by atoms with E-state index in [1.807, 2.05) is 0 Å². The number of hydrogen-bond acceptors (Lipinski definition) is 4. The van der Waals surface area contributed by atoms with Gasteiger partial charge in [-0.15, -0.1) is 0 Å². The largest absolute Gasteiger partial charge is 0.490 e. The fourth-order valence-corrected chi connectivity index (χ4v) is 1.93. The average molecular weight is 277 g/mol. The van der Waals surface area contributed by atoms with Gasteiger partial charge in [-0.25, -0.2) is 9.59 Å². The zero-order valence-corrected chi connectivity index (χ0v) is 10.8. The van der Waals surface area contributed by atoms with Gasteiger partial charge in [-0.3, -0.25) is 4.90 Å². The molecule has 1 fully saturated rings. The number of amides is 1. The van der Waals surface area contributed by atoms with Crippen LogP contribution in [0.4, 0.5) is 4.79 Å². The van der Waals surface area contributed by atoms with Crippen LogP contribution in [0.1, 0.15) is 5.56 Å². The van der Waals surface area contributed by atoms with Gasteiger partial charge < -0.3 is 14.6 Å². The molecule has 0 saturated carbocycles. The van der Waals surface area contributed by atoms with Crippen LogP contribution in [0.2, 0.25) is 0 Å². The lowest BCUT2D eigenvalue weighted by Crippen LogP contribution is -2.38. The van der Waals surface area contributed by atoms with Crippen LogP contribution in [-0.2, 0) is 16.0 Å². The van der Waals surface area contributed by atoms with Gasteiger partial charge >= 0.3 is 12.1 Å². The Balaban J connectivity index is 2.03. The van der Waals surface area contributed by atoms with Gasteiger partial charge in [0.05, 0.1) is 0 Å². The molecule has 1 saturated heterocycles. The highest BCUT2D eigenvalue weighted by atomic mass is 16.6. The molecular weight excluding hydrogens is 262 g/mol. The third kappa shape index (κ3) is 3.09. The molecule has 1 aromatic rings. The number of ether oxygens (including phenoxy) is 2. The number of carbonyl (C=O) groups is 2. The van der Waals surface area contributed by atoms with E-state index in [9.17, 15) is 9.59 Å². The summed E-state index contributed by atoms with van der Waals surface area (Å²) in [5, 5.41) is 8.98. The summed E-state index contributed by atoms with van der Waals surface area (Å²) in [6.07, 6.45) is 0.770. The number of benzene rings is 1. The van der Waals surface area contributed by atoms with E-state index in [0.29, 0.717) is 12.4 Å². The van der Waals surface area contributed by atoms with Crippen molar-refractivity contribution in [3.63, 3.8) is 0 Å². The zero-order valence-electron chi connectivity index (χ0n) is 10.8. The fourth-order valence-electron chi connectivity index (χ4n) is 1.93. The molecule has 0 spiro atoms. The van der Waals surface area contributed by atoms with Gasteiger partial charge in [0.1, 0.15) is 18.4 Å². The number of hydrogen-bond donors (Lipinski definition) is 1. The number of rotatable bonds is 5. The van der Waals surface area contributed by atoms with E-state index >= 15 is 0 Å². The van der Waals surface area contributed by atoms with E-state index in [4.69, 9.17) is 14.6 Å². The van der Waals surface area contributed by atoms with Crippen LogP contribution in [0.5, 0.6) is 5.75 Å². The molecule has 6 heteroatoms. The number of carboxylic acid groups (broad SMARTS) is 1. The molecule has 1 amide bonds. The van der Waals surface area contributed by atoms with Crippen molar-refractivity contribution in [2.24, 2.45) is 0 Å². The Morgan fingerprint density at radius 3 is 2.80 bits per heavy atom. The predicted molar refractivity (Wildman–Crippen MR) is 70.4 cm³/mol. The van der Waals surface area contributed by atoms with Crippen molar-refractivity contribution < 1.29 is 24.2 Å². The highest BCUT2D eigenvalue weighted by Gasteiger charge is 2.37. The maximum atomic E-state index is 11.5. The molecular formula is C14H15NO5. The van der Waals surface area contributed by atoms with Gasteiger partial charge in [0, 0.05) is 6.42 Å². The smallest absolute Gasteiger partial charge is 0.410 e. The molecule has 1 aliphatic heterocycles. The Morgan fingerprint density at radius 2 is 2.20 bits per heavy atom. The number of nitrogens with zero attached hydrogens (tertiary/aromatic N) is 1. The Bertz CT molecular complexity index is 511. The van der Waals surface area contributed by atoms with Crippen molar-refractivity contribution in [2.75, 3.05) is 13.3 Å². The first kappa shape index (κ1) is 13.9. The maximum absolute atomic E-state index is 11.5. The van der Waals surface area contributed by atoms with Crippen LogP contribution in [0.3, 0.4) is 0 Å². The Morgan fingerprint density at radius 1 is 1.50 bits per heavy atom. The van der Waals surface area contributed by atoms with E-state index in [0.717, 1.165) is 10.5 Å². The summed E-state index contributed by atoms with van der Waals surface area (Å²) in [4.78, 5) is 23.5. The third-order valence-electron chi connectivity index (χ3n) is 2.96. The highest BCUT2D eigenvalue weighted by molar-refractivity contribution is 5.83. The minimum atomic E-state index is -1.16. The summed E-state index contributed by atoms with van der Waals surface area (Å²) in [5.74, 6) is 0.178. The summed E-state index contributed by atoms with van der Waals surface area (Å²) >= 11 is 0. The standard InChI is InChI=1S/C14H15NO5/c1-2-7-19-11-5-3-10(4-6-11)8-12-13(16)20-9-15(12)14(17)18/h2-6,12H,1,7-9H2,(H,17,18). The van der Waals surface area contributed by atoms with Gasteiger partial charge in [0.15, 0.2) is 6.73 Å².